The summed E-state index contributed by atoms with van der Waals surface area (Å²) in [6, 6.07) is 12.0. The molecule has 0 unspecified atom stereocenters. The van der Waals surface area contributed by atoms with Gasteiger partial charge in [0.1, 0.15) is 0 Å². The molecule has 6 nitrogen and oxygen atoms in total. The van der Waals surface area contributed by atoms with Gasteiger partial charge in [-0.2, -0.15) is 0 Å². The number of benzene rings is 2. The first-order chi connectivity index (χ1) is 12.3. The van der Waals surface area contributed by atoms with Gasteiger partial charge in [0.05, 0.1) is 10.6 Å². The van der Waals surface area contributed by atoms with Gasteiger partial charge in [-0.15, -0.1) is 0 Å². The molecular formula is C19H23N3O3S. The van der Waals surface area contributed by atoms with Gasteiger partial charge in [0, 0.05) is 30.3 Å². The number of hydrogen-bond acceptors (Lipinski definition) is 4. The summed E-state index contributed by atoms with van der Waals surface area (Å²) in [5.74, 6) is -0.153. The third-order valence-corrected chi connectivity index (χ3v) is 6.31. The minimum atomic E-state index is -3.56. The van der Waals surface area contributed by atoms with Crippen LogP contribution in [0.2, 0.25) is 0 Å². The summed E-state index contributed by atoms with van der Waals surface area (Å²) < 4.78 is 26.6. The Bertz CT molecular complexity index is 939. The number of fused-ring (bicyclic) bond motifs is 3. The summed E-state index contributed by atoms with van der Waals surface area (Å²) in [6.45, 7) is 1.50. The van der Waals surface area contributed by atoms with Crippen molar-refractivity contribution in [2.75, 3.05) is 38.5 Å². The largest absolute Gasteiger partial charge is 0.352 e. The Hall–Kier alpha value is -2.38. The lowest BCUT2D eigenvalue weighted by Crippen LogP contribution is -2.31. The van der Waals surface area contributed by atoms with E-state index in [0.717, 1.165) is 18.5 Å². The average Bonchev–Trinajstić information content (AvgIpc) is 2.63. The zero-order valence-corrected chi connectivity index (χ0v) is 16.0. The summed E-state index contributed by atoms with van der Waals surface area (Å²) in [5.41, 5.74) is 2.48. The number of nitrogens with one attached hydrogen (secondary N) is 1. The van der Waals surface area contributed by atoms with E-state index in [1.165, 1.54) is 11.4 Å². The molecule has 1 aliphatic heterocycles. The van der Waals surface area contributed by atoms with E-state index < -0.39 is 10.0 Å². The van der Waals surface area contributed by atoms with Gasteiger partial charge in [-0.25, -0.2) is 8.42 Å². The molecule has 0 radical (unpaired) electrons. The Morgan fingerprint density at radius 1 is 1.12 bits per heavy atom. The number of sulfonamides is 1. The molecule has 26 heavy (non-hydrogen) atoms. The lowest BCUT2D eigenvalue weighted by molar-refractivity contribution is 0.0952. The minimum absolute atomic E-state index is 0.153. The van der Waals surface area contributed by atoms with E-state index in [0.29, 0.717) is 23.4 Å². The van der Waals surface area contributed by atoms with Crippen LogP contribution in [0.4, 0.5) is 5.69 Å². The maximum Gasteiger partial charge on any atom is 0.264 e. The Morgan fingerprint density at radius 2 is 1.85 bits per heavy atom. The summed E-state index contributed by atoms with van der Waals surface area (Å²) in [5, 5.41) is 2.92. The molecule has 0 fully saturated rings. The fraction of sp³-hybridized carbons (Fsp3) is 0.316. The van der Waals surface area contributed by atoms with Crippen LogP contribution in [0.1, 0.15) is 16.8 Å². The highest BCUT2D eigenvalue weighted by molar-refractivity contribution is 7.93. The van der Waals surface area contributed by atoms with Crippen molar-refractivity contribution in [2.24, 2.45) is 0 Å². The van der Waals surface area contributed by atoms with Gasteiger partial charge < -0.3 is 10.2 Å². The molecule has 0 aliphatic carbocycles. The number of amides is 1. The maximum atomic E-state index is 12.7. The molecule has 1 heterocycles. The van der Waals surface area contributed by atoms with Crippen molar-refractivity contribution in [3.05, 3.63) is 48.0 Å². The van der Waals surface area contributed by atoms with Crippen molar-refractivity contribution in [3.8, 4) is 11.1 Å². The quantitative estimate of drug-likeness (QED) is 0.816. The Labute approximate surface area is 154 Å². The van der Waals surface area contributed by atoms with Crippen molar-refractivity contribution in [1.29, 1.82) is 0 Å². The van der Waals surface area contributed by atoms with E-state index >= 15 is 0 Å². The van der Waals surface area contributed by atoms with Gasteiger partial charge in [0.2, 0.25) is 0 Å². The van der Waals surface area contributed by atoms with Crippen LogP contribution >= 0.6 is 0 Å². The predicted octanol–water partition coefficient (Wildman–Crippen LogP) is 2.17. The topological polar surface area (TPSA) is 69.7 Å². The van der Waals surface area contributed by atoms with E-state index in [-0.39, 0.29) is 10.8 Å². The molecule has 0 bridgehead atoms. The highest BCUT2D eigenvalue weighted by Gasteiger charge is 2.32. The number of hydrogen-bond donors (Lipinski definition) is 1. The van der Waals surface area contributed by atoms with Gasteiger partial charge in [0.15, 0.2) is 0 Å². The van der Waals surface area contributed by atoms with E-state index in [4.69, 9.17) is 0 Å². The third-order valence-electron chi connectivity index (χ3n) is 4.48. The molecule has 0 saturated heterocycles. The van der Waals surface area contributed by atoms with Gasteiger partial charge >= 0.3 is 0 Å². The fourth-order valence-corrected chi connectivity index (χ4v) is 4.48. The van der Waals surface area contributed by atoms with E-state index in [9.17, 15) is 13.2 Å². The van der Waals surface area contributed by atoms with Gasteiger partial charge in [-0.1, -0.05) is 18.2 Å². The molecule has 0 saturated carbocycles. The number of anilines is 1. The monoisotopic (exact) mass is 373 g/mol. The minimum Gasteiger partial charge on any atom is -0.352 e. The zero-order chi connectivity index (χ0) is 18.9. The molecule has 0 spiro atoms. The first-order valence-electron chi connectivity index (χ1n) is 8.47. The van der Waals surface area contributed by atoms with Crippen molar-refractivity contribution in [2.45, 2.75) is 11.3 Å². The second-order valence-corrected chi connectivity index (χ2v) is 8.55. The van der Waals surface area contributed by atoms with E-state index in [1.54, 1.807) is 42.5 Å². The SMILES string of the molecule is CN(C)CCCNC(=O)c1ccc2c(c1)-c1ccccc1S(=O)(=O)N2C. The highest BCUT2D eigenvalue weighted by atomic mass is 32.2. The maximum absolute atomic E-state index is 12.7. The second kappa shape index (κ2) is 7.09. The molecule has 2 aromatic rings. The first-order valence-corrected chi connectivity index (χ1v) is 9.91. The molecule has 0 atom stereocenters. The summed E-state index contributed by atoms with van der Waals surface area (Å²) in [7, 11) is 1.95. The molecular weight excluding hydrogens is 350 g/mol. The predicted molar refractivity (Wildman–Crippen MR) is 103 cm³/mol. The molecule has 7 heteroatoms. The standard InChI is InChI=1S/C19H23N3O3S/c1-21(2)12-6-11-20-19(23)14-9-10-17-16(13-14)15-7-4-5-8-18(15)26(24,25)22(17)3/h4-5,7-10,13H,6,11-12H2,1-3H3,(H,20,23). The lowest BCUT2D eigenvalue weighted by atomic mass is 10.00. The number of rotatable bonds is 5. The Morgan fingerprint density at radius 3 is 2.58 bits per heavy atom. The molecule has 1 aliphatic rings. The normalized spacial score (nSPS) is 14.7. The van der Waals surface area contributed by atoms with Crippen molar-refractivity contribution in [1.82, 2.24) is 10.2 Å². The molecule has 1 N–H and O–H groups in total. The summed E-state index contributed by atoms with van der Waals surface area (Å²) in [6.07, 6.45) is 0.869. The molecule has 2 aromatic carbocycles. The van der Waals surface area contributed by atoms with Crippen LogP contribution in [0.15, 0.2) is 47.4 Å². The van der Waals surface area contributed by atoms with Gasteiger partial charge in [-0.3, -0.25) is 9.10 Å². The first kappa shape index (κ1) is 18.4. The van der Waals surface area contributed by atoms with Crippen molar-refractivity contribution in [3.63, 3.8) is 0 Å². The van der Waals surface area contributed by atoms with Crippen LogP contribution in [0.5, 0.6) is 0 Å². The Balaban J connectivity index is 1.91. The summed E-state index contributed by atoms with van der Waals surface area (Å²) >= 11 is 0. The van der Waals surface area contributed by atoms with Crippen molar-refractivity contribution >= 4 is 21.6 Å². The molecule has 3 rings (SSSR count). The highest BCUT2D eigenvalue weighted by Crippen LogP contribution is 2.42. The summed E-state index contributed by atoms with van der Waals surface area (Å²) in [4.78, 5) is 14.8. The molecule has 138 valence electrons. The third kappa shape index (κ3) is 3.32. The van der Waals surface area contributed by atoms with Crippen LogP contribution in [-0.4, -0.2) is 53.5 Å². The second-order valence-electron chi connectivity index (χ2n) is 6.61. The van der Waals surface area contributed by atoms with Crippen LogP contribution in [0.25, 0.3) is 11.1 Å². The lowest BCUT2D eigenvalue weighted by Gasteiger charge is -2.29. The van der Waals surface area contributed by atoms with Crippen molar-refractivity contribution < 1.29 is 13.2 Å². The van der Waals surface area contributed by atoms with E-state index in [2.05, 4.69) is 10.2 Å². The van der Waals surface area contributed by atoms with E-state index in [1.807, 2.05) is 14.1 Å². The molecule has 1 amide bonds. The molecule has 0 aromatic heterocycles. The average molecular weight is 373 g/mol. The van der Waals surface area contributed by atoms with Crippen LogP contribution < -0.4 is 9.62 Å². The Kier molecular flexibility index (Phi) is 5.02. The number of carbonyl (C=O) groups is 1. The van der Waals surface area contributed by atoms with Gasteiger partial charge in [-0.05, 0) is 51.3 Å². The van der Waals surface area contributed by atoms with Crippen LogP contribution in [-0.2, 0) is 10.0 Å². The number of nitrogens with zero attached hydrogens (tertiary/aromatic N) is 2. The van der Waals surface area contributed by atoms with Gasteiger partial charge in [0.25, 0.3) is 15.9 Å². The number of carbonyl (C=O) groups excluding carboxylic acids is 1. The zero-order valence-electron chi connectivity index (χ0n) is 15.2. The fourth-order valence-electron chi connectivity index (χ4n) is 3.06. The smallest absolute Gasteiger partial charge is 0.264 e. The van der Waals surface area contributed by atoms with Crippen LogP contribution in [0, 0.1) is 0 Å². The van der Waals surface area contributed by atoms with Crippen LogP contribution in [0.3, 0.4) is 0 Å².